The summed E-state index contributed by atoms with van der Waals surface area (Å²) in [7, 11) is 0. The Morgan fingerprint density at radius 3 is 1.27 bits per heavy atom. The number of benzene rings is 7. The zero-order chi connectivity index (χ0) is 33.5. The summed E-state index contributed by atoms with van der Waals surface area (Å²) in [6.45, 7) is 9.02. The molecule has 0 unspecified atom stereocenters. The van der Waals surface area contributed by atoms with E-state index in [0.29, 0.717) is 11.8 Å². The lowest BCUT2D eigenvalue weighted by molar-refractivity contribution is 0.866. The van der Waals surface area contributed by atoms with Crippen LogP contribution in [0.1, 0.15) is 50.7 Å². The van der Waals surface area contributed by atoms with Gasteiger partial charge < -0.3 is 9.80 Å². The van der Waals surface area contributed by atoms with E-state index in [-0.39, 0.29) is 0 Å². The number of nitrogens with zero attached hydrogens (tertiary/aromatic N) is 2. The molecule has 0 fully saturated rings. The van der Waals surface area contributed by atoms with Gasteiger partial charge in [-0.25, -0.2) is 0 Å². The zero-order valence-corrected chi connectivity index (χ0v) is 29.3. The maximum atomic E-state index is 2.47. The Balaban J connectivity index is 1.51. The summed E-state index contributed by atoms with van der Waals surface area (Å²) in [6.07, 6.45) is 0. The van der Waals surface area contributed by atoms with Gasteiger partial charge in [0.1, 0.15) is 0 Å². The third-order valence-electron chi connectivity index (χ3n) is 9.60. The van der Waals surface area contributed by atoms with Gasteiger partial charge in [-0.1, -0.05) is 131 Å². The lowest BCUT2D eigenvalue weighted by Crippen LogP contribution is -2.14. The molecule has 0 amide bonds. The molecule has 1 aromatic heterocycles. The summed E-state index contributed by atoms with van der Waals surface area (Å²) >= 11 is 1.89. The number of thiophene rings is 1. The van der Waals surface area contributed by atoms with Crippen LogP contribution in [0.5, 0.6) is 0 Å². The molecular formula is C46H40N2S. The van der Waals surface area contributed by atoms with E-state index in [1.165, 1.54) is 53.4 Å². The minimum absolute atomic E-state index is 0.463. The van der Waals surface area contributed by atoms with E-state index in [1.807, 2.05) is 11.3 Å². The summed E-state index contributed by atoms with van der Waals surface area (Å²) < 4.78 is 2.55. The van der Waals surface area contributed by atoms with Gasteiger partial charge in [0.2, 0.25) is 0 Å². The van der Waals surface area contributed by atoms with Gasteiger partial charge in [0, 0.05) is 49.0 Å². The highest BCUT2D eigenvalue weighted by atomic mass is 32.1. The molecule has 0 aliphatic carbocycles. The van der Waals surface area contributed by atoms with Gasteiger partial charge in [0.15, 0.2) is 0 Å². The van der Waals surface area contributed by atoms with Crippen LogP contribution in [0.4, 0.5) is 34.1 Å². The van der Waals surface area contributed by atoms with Crippen LogP contribution in [0.15, 0.2) is 158 Å². The Kier molecular flexibility index (Phi) is 8.15. The van der Waals surface area contributed by atoms with E-state index in [9.17, 15) is 0 Å². The van der Waals surface area contributed by atoms with Crippen molar-refractivity contribution in [3.05, 3.63) is 169 Å². The van der Waals surface area contributed by atoms with Gasteiger partial charge in [-0.05, 0) is 77.6 Å². The van der Waals surface area contributed by atoms with Crippen molar-refractivity contribution in [3.63, 3.8) is 0 Å². The van der Waals surface area contributed by atoms with E-state index in [0.717, 1.165) is 22.7 Å². The fourth-order valence-electron chi connectivity index (χ4n) is 7.04. The summed E-state index contributed by atoms with van der Waals surface area (Å²) in [5.74, 6) is 0.928. The van der Waals surface area contributed by atoms with Gasteiger partial charge >= 0.3 is 0 Å². The lowest BCUT2D eigenvalue weighted by Gasteiger charge is -2.32. The van der Waals surface area contributed by atoms with E-state index < -0.39 is 0 Å². The van der Waals surface area contributed by atoms with Gasteiger partial charge in [-0.2, -0.15) is 0 Å². The smallest absolute Gasteiger partial charge is 0.0720 e. The van der Waals surface area contributed by atoms with Crippen LogP contribution in [-0.2, 0) is 0 Å². The summed E-state index contributed by atoms with van der Waals surface area (Å²) in [5, 5.41) is 4.97. The lowest BCUT2D eigenvalue weighted by atomic mass is 9.97. The number of hydrogen-bond acceptors (Lipinski definition) is 3. The molecule has 1 heterocycles. The van der Waals surface area contributed by atoms with Crippen LogP contribution in [0.25, 0.3) is 30.9 Å². The molecule has 2 nitrogen and oxygen atoms in total. The quantitative estimate of drug-likeness (QED) is 0.151. The minimum Gasteiger partial charge on any atom is -0.309 e. The van der Waals surface area contributed by atoms with Crippen molar-refractivity contribution in [1.29, 1.82) is 0 Å². The van der Waals surface area contributed by atoms with Crippen LogP contribution < -0.4 is 9.80 Å². The zero-order valence-electron chi connectivity index (χ0n) is 28.5. The van der Waals surface area contributed by atoms with Gasteiger partial charge in [0.05, 0.1) is 16.1 Å². The third-order valence-corrected chi connectivity index (χ3v) is 10.8. The monoisotopic (exact) mass is 652 g/mol. The van der Waals surface area contributed by atoms with E-state index in [1.54, 1.807) is 0 Å². The Bertz CT molecular complexity index is 2370. The largest absolute Gasteiger partial charge is 0.309 e. The number of fused-ring (bicyclic) bond motifs is 4. The highest BCUT2D eigenvalue weighted by molar-refractivity contribution is 7.26. The Labute approximate surface area is 293 Å². The molecule has 240 valence electrons. The molecule has 8 aromatic rings. The van der Waals surface area contributed by atoms with Crippen molar-refractivity contribution in [2.24, 2.45) is 0 Å². The second-order valence-corrected chi connectivity index (χ2v) is 14.4. The van der Waals surface area contributed by atoms with Crippen LogP contribution in [-0.4, -0.2) is 0 Å². The highest BCUT2D eigenvalue weighted by Crippen LogP contribution is 2.55. The normalized spacial score (nSPS) is 11.6. The average Bonchev–Trinajstić information content (AvgIpc) is 3.53. The molecule has 0 bridgehead atoms. The molecule has 49 heavy (non-hydrogen) atoms. The fraction of sp³-hybridized carbons (Fsp3) is 0.130. The molecule has 7 aromatic carbocycles. The van der Waals surface area contributed by atoms with Crippen LogP contribution in [0.2, 0.25) is 0 Å². The van der Waals surface area contributed by atoms with E-state index in [2.05, 4.69) is 195 Å². The fourth-order valence-corrected chi connectivity index (χ4v) is 8.29. The van der Waals surface area contributed by atoms with Crippen molar-refractivity contribution in [2.75, 3.05) is 9.80 Å². The first-order valence-electron chi connectivity index (χ1n) is 17.3. The number of hydrogen-bond donors (Lipinski definition) is 0. The van der Waals surface area contributed by atoms with Crippen molar-refractivity contribution in [1.82, 2.24) is 0 Å². The van der Waals surface area contributed by atoms with Crippen molar-refractivity contribution >= 4 is 76.4 Å². The van der Waals surface area contributed by atoms with E-state index >= 15 is 0 Å². The molecule has 0 saturated heterocycles. The van der Waals surface area contributed by atoms with Crippen LogP contribution in [0, 0.1) is 0 Å². The topological polar surface area (TPSA) is 6.48 Å². The standard InChI is InChI=1S/C46H40N2S/c1-31(2)33-23-27-37(28-24-33)47(35-15-7-5-8-16-35)44-39-19-11-12-20-40(39)45(46-43(44)41-21-13-14-22-42(41)49-46)48(36-17-9-6-10-18-36)38-29-25-34(26-30-38)32(3)4/h5-32H,1-4H3. The highest BCUT2D eigenvalue weighted by Gasteiger charge is 2.28. The predicted molar refractivity (Wildman–Crippen MR) is 214 cm³/mol. The first-order chi connectivity index (χ1) is 24.0. The Morgan fingerprint density at radius 2 is 0.776 bits per heavy atom. The molecule has 8 rings (SSSR count). The summed E-state index contributed by atoms with van der Waals surface area (Å²) in [6, 6.07) is 57.9. The maximum Gasteiger partial charge on any atom is 0.0720 e. The Hall–Kier alpha value is -5.38. The van der Waals surface area contributed by atoms with Crippen molar-refractivity contribution < 1.29 is 0 Å². The van der Waals surface area contributed by atoms with Gasteiger partial charge in [0.25, 0.3) is 0 Å². The molecule has 0 N–H and O–H groups in total. The average molecular weight is 653 g/mol. The van der Waals surface area contributed by atoms with Crippen LogP contribution in [0.3, 0.4) is 0 Å². The number of anilines is 6. The van der Waals surface area contributed by atoms with Crippen LogP contribution >= 0.6 is 11.3 Å². The summed E-state index contributed by atoms with van der Waals surface area (Å²) in [5.41, 5.74) is 9.67. The molecule has 0 atom stereocenters. The molecule has 0 aliphatic rings. The van der Waals surface area contributed by atoms with Crippen molar-refractivity contribution in [3.8, 4) is 0 Å². The SMILES string of the molecule is CC(C)c1ccc(N(c2ccccc2)c2c3ccccc3c(N(c3ccccc3)c3ccc(C(C)C)cc3)c3c2sc2ccccc23)cc1. The first kappa shape index (κ1) is 30.9. The molecule has 0 spiro atoms. The van der Waals surface area contributed by atoms with Gasteiger partial charge in [-0.3, -0.25) is 0 Å². The Morgan fingerprint density at radius 1 is 0.388 bits per heavy atom. The predicted octanol–water partition coefficient (Wildman–Crippen LogP) is 14.4. The molecule has 0 radical (unpaired) electrons. The molecule has 3 heteroatoms. The third kappa shape index (κ3) is 5.54. The second-order valence-electron chi connectivity index (χ2n) is 13.4. The molecule has 0 saturated carbocycles. The second kappa shape index (κ2) is 12.9. The first-order valence-corrected chi connectivity index (χ1v) is 18.1. The number of rotatable bonds is 8. The molecule has 0 aliphatic heterocycles. The maximum absolute atomic E-state index is 2.47. The molecular weight excluding hydrogens is 613 g/mol. The van der Waals surface area contributed by atoms with E-state index in [4.69, 9.17) is 0 Å². The number of para-hydroxylation sites is 2. The minimum atomic E-state index is 0.463. The van der Waals surface area contributed by atoms with Crippen molar-refractivity contribution in [2.45, 2.75) is 39.5 Å². The summed E-state index contributed by atoms with van der Waals surface area (Å²) in [4.78, 5) is 4.94. The van der Waals surface area contributed by atoms with Gasteiger partial charge in [-0.15, -0.1) is 11.3 Å².